The van der Waals surface area contributed by atoms with Crippen molar-refractivity contribution in [2.45, 2.75) is 13.0 Å². The molecular weight excluding hydrogens is 286 g/mol. The first-order chi connectivity index (χ1) is 11.3. The van der Waals surface area contributed by atoms with Crippen molar-refractivity contribution < 1.29 is 0 Å². The monoisotopic (exact) mass is 309 g/mol. The van der Waals surface area contributed by atoms with E-state index >= 15 is 0 Å². The van der Waals surface area contributed by atoms with Crippen LogP contribution in [0.1, 0.15) is 11.1 Å². The number of benzene rings is 1. The van der Waals surface area contributed by atoms with E-state index in [1.807, 2.05) is 0 Å². The van der Waals surface area contributed by atoms with Crippen LogP contribution in [-0.4, -0.2) is 54.6 Å². The molecule has 2 aliphatic rings. The number of hydrogen-bond acceptors (Lipinski definition) is 5. The number of aromatic nitrogens is 2. The molecule has 23 heavy (non-hydrogen) atoms. The lowest BCUT2D eigenvalue weighted by molar-refractivity contribution is 0.312. The number of fused-ring (bicyclic) bond motifs is 1. The lowest BCUT2D eigenvalue weighted by Gasteiger charge is -2.34. The van der Waals surface area contributed by atoms with Gasteiger partial charge in [0.1, 0.15) is 18.0 Å². The number of rotatable bonds is 2. The third-order valence-corrected chi connectivity index (χ3v) is 4.92. The minimum absolute atomic E-state index is 0.940. The summed E-state index contributed by atoms with van der Waals surface area (Å²) in [6, 6.07) is 10.9. The molecule has 2 aromatic rings. The maximum Gasteiger partial charge on any atom is 0.134 e. The zero-order chi connectivity index (χ0) is 15.6. The molecule has 0 saturated carbocycles. The van der Waals surface area contributed by atoms with Crippen LogP contribution in [0, 0.1) is 0 Å². The Balaban J connectivity index is 1.53. The van der Waals surface area contributed by atoms with E-state index < -0.39 is 0 Å². The molecule has 0 aliphatic carbocycles. The van der Waals surface area contributed by atoms with E-state index in [1.165, 1.54) is 11.1 Å². The Morgan fingerprint density at radius 2 is 1.52 bits per heavy atom. The van der Waals surface area contributed by atoms with Gasteiger partial charge in [0.05, 0.1) is 0 Å². The highest BCUT2D eigenvalue weighted by Gasteiger charge is 2.20. The van der Waals surface area contributed by atoms with E-state index in [0.29, 0.717) is 0 Å². The van der Waals surface area contributed by atoms with Crippen molar-refractivity contribution in [2.75, 3.05) is 49.6 Å². The van der Waals surface area contributed by atoms with E-state index in [0.717, 1.165) is 57.3 Å². The Morgan fingerprint density at radius 3 is 2.30 bits per heavy atom. The van der Waals surface area contributed by atoms with Gasteiger partial charge in [0.15, 0.2) is 0 Å². The molecule has 0 unspecified atom stereocenters. The summed E-state index contributed by atoms with van der Waals surface area (Å²) >= 11 is 0. The molecule has 0 bridgehead atoms. The smallest absolute Gasteiger partial charge is 0.134 e. The molecule has 0 N–H and O–H groups in total. The zero-order valence-corrected chi connectivity index (χ0v) is 13.6. The van der Waals surface area contributed by atoms with Gasteiger partial charge in [0.2, 0.25) is 0 Å². The third kappa shape index (κ3) is 3.01. The molecule has 1 aromatic heterocycles. The van der Waals surface area contributed by atoms with E-state index in [9.17, 15) is 0 Å². The molecule has 1 saturated heterocycles. The molecule has 0 atom stereocenters. The summed E-state index contributed by atoms with van der Waals surface area (Å²) in [6.45, 7) is 6.23. The number of hydrogen-bond donors (Lipinski definition) is 0. The van der Waals surface area contributed by atoms with Crippen LogP contribution in [-0.2, 0) is 13.0 Å². The molecule has 120 valence electrons. The molecule has 0 radical (unpaired) electrons. The molecule has 0 spiro atoms. The van der Waals surface area contributed by atoms with E-state index in [4.69, 9.17) is 0 Å². The van der Waals surface area contributed by atoms with Gasteiger partial charge in [0, 0.05) is 45.3 Å². The highest BCUT2D eigenvalue weighted by molar-refractivity contribution is 5.52. The van der Waals surface area contributed by atoms with E-state index in [-0.39, 0.29) is 0 Å². The van der Waals surface area contributed by atoms with Crippen molar-refractivity contribution in [1.82, 2.24) is 14.9 Å². The maximum absolute atomic E-state index is 4.52. The molecule has 4 rings (SSSR count). The fraction of sp³-hybridized carbons (Fsp3) is 0.444. The summed E-state index contributed by atoms with van der Waals surface area (Å²) < 4.78 is 0. The Kier molecular flexibility index (Phi) is 3.87. The molecule has 3 heterocycles. The van der Waals surface area contributed by atoms with Crippen molar-refractivity contribution in [2.24, 2.45) is 0 Å². The molecule has 0 amide bonds. The fourth-order valence-corrected chi connectivity index (χ4v) is 3.41. The second kappa shape index (κ2) is 6.16. The van der Waals surface area contributed by atoms with Gasteiger partial charge < -0.3 is 14.7 Å². The predicted molar refractivity (Wildman–Crippen MR) is 92.9 cm³/mol. The lowest BCUT2D eigenvalue weighted by Crippen LogP contribution is -2.45. The minimum Gasteiger partial charge on any atom is -0.354 e. The largest absolute Gasteiger partial charge is 0.354 e. The summed E-state index contributed by atoms with van der Waals surface area (Å²) in [6.07, 6.45) is 2.80. The van der Waals surface area contributed by atoms with Gasteiger partial charge in [-0.3, -0.25) is 0 Å². The Bertz CT molecular complexity index is 679. The first-order valence-corrected chi connectivity index (χ1v) is 8.37. The fourth-order valence-electron chi connectivity index (χ4n) is 3.41. The normalized spacial score (nSPS) is 18.8. The molecule has 5 heteroatoms. The SMILES string of the molecule is CN1CCN(c2cc(N3CCc4ccccc4C3)ncn2)CC1. The van der Waals surface area contributed by atoms with Crippen LogP contribution >= 0.6 is 0 Å². The van der Waals surface area contributed by atoms with Crippen LogP contribution in [0.3, 0.4) is 0 Å². The van der Waals surface area contributed by atoms with Gasteiger partial charge in [-0.25, -0.2) is 9.97 Å². The Hall–Kier alpha value is -2.14. The second-order valence-corrected chi connectivity index (χ2v) is 6.46. The number of likely N-dealkylation sites (N-methyl/N-ethyl adjacent to an activating group) is 1. The Morgan fingerprint density at radius 1 is 0.826 bits per heavy atom. The Labute approximate surface area is 137 Å². The van der Waals surface area contributed by atoms with Crippen LogP contribution in [0.4, 0.5) is 11.6 Å². The summed E-state index contributed by atoms with van der Waals surface area (Å²) in [5.41, 5.74) is 2.88. The number of piperazine rings is 1. The van der Waals surface area contributed by atoms with Gasteiger partial charge in [-0.2, -0.15) is 0 Å². The van der Waals surface area contributed by atoms with Gasteiger partial charge in [-0.15, -0.1) is 0 Å². The topological polar surface area (TPSA) is 35.5 Å². The van der Waals surface area contributed by atoms with Gasteiger partial charge in [-0.05, 0) is 24.6 Å². The molecule has 2 aliphatic heterocycles. The van der Waals surface area contributed by atoms with E-state index in [2.05, 4.69) is 62.0 Å². The standard InChI is InChI=1S/C18H23N5/c1-21-8-10-22(11-9-21)17-12-18(20-14-19-17)23-7-6-15-4-2-3-5-16(15)13-23/h2-5,12,14H,6-11,13H2,1H3. The average Bonchev–Trinajstić information content (AvgIpc) is 2.62. The average molecular weight is 309 g/mol. The van der Waals surface area contributed by atoms with Gasteiger partial charge in [-0.1, -0.05) is 24.3 Å². The summed E-state index contributed by atoms with van der Waals surface area (Å²) in [7, 11) is 2.17. The van der Waals surface area contributed by atoms with Crippen LogP contribution in [0.5, 0.6) is 0 Å². The number of nitrogens with zero attached hydrogens (tertiary/aromatic N) is 5. The summed E-state index contributed by atoms with van der Waals surface area (Å²) in [5, 5.41) is 0. The molecule has 1 fully saturated rings. The quantitative estimate of drug-likeness (QED) is 0.845. The minimum atomic E-state index is 0.940. The highest BCUT2D eigenvalue weighted by Crippen LogP contribution is 2.25. The van der Waals surface area contributed by atoms with Gasteiger partial charge >= 0.3 is 0 Å². The van der Waals surface area contributed by atoms with Crippen molar-refractivity contribution in [3.05, 3.63) is 47.8 Å². The van der Waals surface area contributed by atoms with Crippen LogP contribution in [0.2, 0.25) is 0 Å². The van der Waals surface area contributed by atoms with E-state index in [1.54, 1.807) is 6.33 Å². The molecule has 5 nitrogen and oxygen atoms in total. The molecular formula is C18H23N5. The summed E-state index contributed by atoms with van der Waals surface area (Å²) in [4.78, 5) is 16.1. The molecule has 1 aromatic carbocycles. The first kappa shape index (κ1) is 14.5. The first-order valence-electron chi connectivity index (χ1n) is 8.37. The second-order valence-electron chi connectivity index (χ2n) is 6.46. The lowest BCUT2D eigenvalue weighted by atomic mass is 10.00. The van der Waals surface area contributed by atoms with Crippen LogP contribution in [0.25, 0.3) is 0 Å². The van der Waals surface area contributed by atoms with Crippen molar-refractivity contribution in [3.8, 4) is 0 Å². The zero-order valence-electron chi connectivity index (χ0n) is 13.6. The number of anilines is 2. The van der Waals surface area contributed by atoms with Crippen LogP contribution in [0.15, 0.2) is 36.7 Å². The maximum atomic E-state index is 4.52. The van der Waals surface area contributed by atoms with Crippen LogP contribution < -0.4 is 9.80 Å². The van der Waals surface area contributed by atoms with Crippen molar-refractivity contribution >= 4 is 11.6 Å². The summed E-state index contributed by atoms with van der Waals surface area (Å²) in [5.74, 6) is 2.10. The third-order valence-electron chi connectivity index (χ3n) is 4.92. The van der Waals surface area contributed by atoms with Gasteiger partial charge in [0.25, 0.3) is 0 Å². The van der Waals surface area contributed by atoms with Crippen molar-refractivity contribution in [3.63, 3.8) is 0 Å². The highest BCUT2D eigenvalue weighted by atomic mass is 15.3. The van der Waals surface area contributed by atoms with Crippen molar-refractivity contribution in [1.29, 1.82) is 0 Å². The predicted octanol–water partition coefficient (Wildman–Crippen LogP) is 1.79.